The zero-order valence-electron chi connectivity index (χ0n) is 24.1. The number of carbonyl (C=O) groups excluding carboxylic acids is 1. The Hall–Kier alpha value is -3.75. The number of aryl methyl sites for hydroxylation is 1. The quantitative estimate of drug-likeness (QED) is 0.408. The Morgan fingerprint density at radius 3 is 2.27 bits per heavy atom. The van der Waals surface area contributed by atoms with E-state index in [1.54, 1.807) is 48.7 Å². The van der Waals surface area contributed by atoms with Crippen molar-refractivity contribution in [1.29, 1.82) is 0 Å². The molecule has 0 bridgehead atoms. The second kappa shape index (κ2) is 11.8. The van der Waals surface area contributed by atoms with E-state index >= 15 is 0 Å². The number of halogens is 1. The maximum Gasteiger partial charge on any atom is 0.261 e. The summed E-state index contributed by atoms with van der Waals surface area (Å²) in [5, 5.41) is 11.7. The van der Waals surface area contributed by atoms with Gasteiger partial charge in [0.15, 0.2) is 0 Å². The standard InChI is InChI=1S/C31H38ClN5O3/c1-31(2,3)37-16-14-35(15-17-37)24-9-7-8-22(18-24)25-20-34(6)30(40)28(29(25)39)23-10-11-27(26(32)19-23)36(21-38)13-12-33(4)5/h7-13,18-21,39H,14-17H2,1-6H3/b13-12-. The van der Waals surface area contributed by atoms with Crippen LogP contribution < -0.4 is 15.4 Å². The van der Waals surface area contributed by atoms with Gasteiger partial charge in [-0.05, 0) is 56.2 Å². The molecule has 0 radical (unpaired) electrons. The molecule has 1 N–H and O–H groups in total. The van der Waals surface area contributed by atoms with Gasteiger partial charge in [-0.15, -0.1) is 0 Å². The maximum atomic E-state index is 13.2. The van der Waals surface area contributed by atoms with E-state index in [0.717, 1.165) is 37.4 Å². The molecule has 9 heteroatoms. The Morgan fingerprint density at radius 2 is 1.68 bits per heavy atom. The molecule has 212 valence electrons. The number of anilines is 2. The predicted molar refractivity (Wildman–Crippen MR) is 164 cm³/mol. The van der Waals surface area contributed by atoms with Crippen molar-refractivity contribution < 1.29 is 9.90 Å². The Kier molecular flexibility index (Phi) is 8.61. The SMILES string of the molecule is CN(C)/C=C\N(C=O)c1ccc(-c2c(O)c(-c3cccc(N4CCN(C(C)(C)C)CC4)c3)cn(C)c2=O)cc1Cl. The molecule has 1 fully saturated rings. The third kappa shape index (κ3) is 6.18. The molecule has 0 unspecified atom stereocenters. The zero-order valence-corrected chi connectivity index (χ0v) is 24.8. The number of amides is 1. The number of hydrogen-bond donors (Lipinski definition) is 1. The van der Waals surface area contributed by atoms with E-state index in [2.05, 4.69) is 42.7 Å². The van der Waals surface area contributed by atoms with Gasteiger partial charge in [0.1, 0.15) is 5.75 Å². The lowest BCUT2D eigenvalue weighted by Gasteiger charge is -2.43. The zero-order chi connectivity index (χ0) is 29.2. The first-order chi connectivity index (χ1) is 18.9. The Balaban J connectivity index is 1.69. The monoisotopic (exact) mass is 563 g/mol. The fraction of sp³-hybridized carbons (Fsp3) is 0.355. The lowest BCUT2D eigenvalue weighted by molar-refractivity contribution is -0.106. The van der Waals surface area contributed by atoms with Crippen molar-refractivity contribution in [2.75, 3.05) is 50.1 Å². The van der Waals surface area contributed by atoms with Gasteiger partial charge in [-0.25, -0.2) is 0 Å². The summed E-state index contributed by atoms with van der Waals surface area (Å²) in [5.41, 5.74) is 3.31. The van der Waals surface area contributed by atoms with Gasteiger partial charge in [0.25, 0.3) is 5.56 Å². The van der Waals surface area contributed by atoms with Crippen LogP contribution in [0.15, 0.2) is 65.9 Å². The van der Waals surface area contributed by atoms with Crippen molar-refractivity contribution in [3.05, 3.63) is 76.4 Å². The molecule has 2 aromatic carbocycles. The summed E-state index contributed by atoms with van der Waals surface area (Å²) in [6.07, 6.45) is 5.64. The van der Waals surface area contributed by atoms with Gasteiger partial charge in [-0.1, -0.05) is 29.8 Å². The molecule has 0 saturated carbocycles. The minimum absolute atomic E-state index is 0.110. The number of hydrogen-bond acceptors (Lipinski definition) is 6. The normalized spacial score (nSPS) is 14.5. The van der Waals surface area contributed by atoms with Crippen LogP contribution in [0.5, 0.6) is 5.75 Å². The Bertz CT molecular complexity index is 1470. The van der Waals surface area contributed by atoms with Gasteiger partial charge < -0.3 is 19.5 Å². The second-order valence-electron chi connectivity index (χ2n) is 11.3. The number of piperazine rings is 1. The number of rotatable bonds is 7. The van der Waals surface area contributed by atoms with E-state index in [4.69, 9.17) is 11.6 Å². The topological polar surface area (TPSA) is 72.3 Å². The first-order valence-corrected chi connectivity index (χ1v) is 13.7. The lowest BCUT2D eigenvalue weighted by Crippen LogP contribution is -2.53. The smallest absolute Gasteiger partial charge is 0.261 e. The third-order valence-corrected chi connectivity index (χ3v) is 7.56. The average Bonchev–Trinajstić information content (AvgIpc) is 2.91. The summed E-state index contributed by atoms with van der Waals surface area (Å²) < 4.78 is 1.47. The van der Waals surface area contributed by atoms with Crippen molar-refractivity contribution in [1.82, 2.24) is 14.4 Å². The maximum absolute atomic E-state index is 13.2. The highest BCUT2D eigenvalue weighted by Gasteiger charge is 2.26. The minimum atomic E-state index is -0.348. The summed E-state index contributed by atoms with van der Waals surface area (Å²) in [7, 11) is 5.36. The van der Waals surface area contributed by atoms with Crippen molar-refractivity contribution in [3.63, 3.8) is 0 Å². The number of aromatic hydroxyl groups is 1. The predicted octanol–water partition coefficient (Wildman–Crippen LogP) is 4.99. The van der Waals surface area contributed by atoms with Crippen molar-refractivity contribution >= 4 is 29.4 Å². The van der Waals surface area contributed by atoms with Gasteiger partial charge in [-0.3, -0.25) is 19.4 Å². The van der Waals surface area contributed by atoms with Crippen LogP contribution in [0.3, 0.4) is 0 Å². The van der Waals surface area contributed by atoms with Crippen LogP contribution in [0.4, 0.5) is 11.4 Å². The van der Waals surface area contributed by atoms with E-state index in [1.807, 2.05) is 26.2 Å². The van der Waals surface area contributed by atoms with Crippen LogP contribution in [-0.2, 0) is 11.8 Å². The van der Waals surface area contributed by atoms with E-state index < -0.39 is 0 Å². The van der Waals surface area contributed by atoms with Gasteiger partial charge in [0.2, 0.25) is 6.41 Å². The van der Waals surface area contributed by atoms with Crippen molar-refractivity contribution in [2.24, 2.45) is 7.05 Å². The molecule has 1 aromatic heterocycles. The molecule has 2 heterocycles. The largest absolute Gasteiger partial charge is 0.506 e. The Labute approximate surface area is 241 Å². The molecule has 1 aliphatic rings. The number of benzene rings is 2. The van der Waals surface area contributed by atoms with Gasteiger partial charge in [-0.2, -0.15) is 0 Å². The summed E-state index contributed by atoms with van der Waals surface area (Å²) >= 11 is 6.57. The summed E-state index contributed by atoms with van der Waals surface area (Å²) in [6.45, 7) is 10.5. The first kappa shape index (κ1) is 29.2. The van der Waals surface area contributed by atoms with E-state index in [-0.39, 0.29) is 27.4 Å². The first-order valence-electron chi connectivity index (χ1n) is 13.3. The molecule has 0 spiro atoms. The van der Waals surface area contributed by atoms with Crippen molar-refractivity contribution in [3.8, 4) is 28.0 Å². The van der Waals surface area contributed by atoms with Gasteiger partial charge >= 0.3 is 0 Å². The second-order valence-corrected chi connectivity index (χ2v) is 11.7. The molecule has 1 aliphatic heterocycles. The molecule has 1 amide bonds. The van der Waals surface area contributed by atoms with Crippen LogP contribution in [0, 0.1) is 0 Å². The minimum Gasteiger partial charge on any atom is -0.506 e. The fourth-order valence-electron chi connectivity index (χ4n) is 4.95. The van der Waals surface area contributed by atoms with E-state index in [1.165, 1.54) is 9.47 Å². The van der Waals surface area contributed by atoms with E-state index in [9.17, 15) is 14.7 Å². The van der Waals surface area contributed by atoms with Gasteiger partial charge in [0.05, 0.1) is 16.3 Å². The number of pyridine rings is 1. The molecular weight excluding hydrogens is 526 g/mol. The molecular formula is C31H38ClN5O3. The molecule has 1 saturated heterocycles. The molecule has 3 aromatic rings. The number of aromatic nitrogens is 1. The molecule has 4 rings (SSSR count). The third-order valence-electron chi connectivity index (χ3n) is 7.25. The fourth-order valence-corrected chi connectivity index (χ4v) is 5.23. The highest BCUT2D eigenvalue weighted by molar-refractivity contribution is 6.34. The lowest BCUT2D eigenvalue weighted by atomic mass is 9.98. The summed E-state index contributed by atoms with van der Waals surface area (Å²) in [6, 6.07) is 13.0. The van der Waals surface area contributed by atoms with E-state index in [0.29, 0.717) is 23.2 Å². The summed E-state index contributed by atoms with van der Waals surface area (Å²) in [5.74, 6) is -0.110. The number of carbonyl (C=O) groups is 1. The number of nitrogens with zero attached hydrogens (tertiary/aromatic N) is 5. The van der Waals surface area contributed by atoms with Crippen LogP contribution in [0.2, 0.25) is 5.02 Å². The highest BCUT2D eigenvalue weighted by Crippen LogP contribution is 2.39. The summed E-state index contributed by atoms with van der Waals surface area (Å²) in [4.78, 5) is 32.9. The molecule has 0 aliphatic carbocycles. The molecule has 0 atom stereocenters. The van der Waals surface area contributed by atoms with Crippen LogP contribution in [0.1, 0.15) is 20.8 Å². The highest BCUT2D eigenvalue weighted by atomic mass is 35.5. The Morgan fingerprint density at radius 1 is 0.975 bits per heavy atom. The van der Waals surface area contributed by atoms with Gasteiger partial charge in [0, 0.05) is 82.7 Å². The van der Waals surface area contributed by atoms with Crippen LogP contribution in [-0.4, -0.2) is 71.7 Å². The van der Waals surface area contributed by atoms with Crippen molar-refractivity contribution in [2.45, 2.75) is 26.3 Å². The molecule has 8 nitrogen and oxygen atoms in total. The van der Waals surface area contributed by atoms with Crippen LogP contribution >= 0.6 is 11.6 Å². The average molecular weight is 564 g/mol. The molecule has 40 heavy (non-hydrogen) atoms. The van der Waals surface area contributed by atoms with Crippen LogP contribution in [0.25, 0.3) is 22.3 Å².